The number of ether oxygens (including phenoxy) is 1. The Morgan fingerprint density at radius 1 is 0.921 bits per heavy atom. The number of halogens is 1. The molecule has 0 radical (unpaired) electrons. The lowest BCUT2D eigenvalue weighted by molar-refractivity contribution is -0.0849. The van der Waals surface area contributed by atoms with Crippen molar-refractivity contribution in [2.24, 2.45) is 0 Å². The quantitative estimate of drug-likeness (QED) is 0.441. The average Bonchev–Trinajstić information content (AvgIpc) is 2.95. The van der Waals surface area contributed by atoms with Crippen molar-refractivity contribution < 1.29 is 22.7 Å². The highest BCUT2D eigenvalue weighted by Gasteiger charge is 2.45. The van der Waals surface area contributed by atoms with Crippen LogP contribution in [0.3, 0.4) is 0 Å². The third-order valence-corrected chi connectivity index (χ3v) is 9.97. The van der Waals surface area contributed by atoms with Crippen LogP contribution in [0.25, 0.3) is 0 Å². The number of hydrogen-bond donors (Lipinski definition) is 1. The molecule has 5 rings (SSSR count). The van der Waals surface area contributed by atoms with Gasteiger partial charge in [0.25, 0.3) is 10.0 Å². The molecular weight excluding hydrogens is 503 g/mol. The molecule has 3 aromatic rings. The SMILES string of the molecule is COc1ccc(S(=O)(=O)N(c2ccc(F)cc2)C2CCN([C@@H]3CCCC[C@]3(O)c3ccccc3)CC2)cc1. The van der Waals surface area contributed by atoms with Gasteiger partial charge in [0.1, 0.15) is 17.2 Å². The normalized spacial score (nSPS) is 23.2. The van der Waals surface area contributed by atoms with Gasteiger partial charge in [-0.25, -0.2) is 12.8 Å². The van der Waals surface area contributed by atoms with Crippen molar-refractivity contribution in [2.75, 3.05) is 24.5 Å². The van der Waals surface area contributed by atoms with Crippen LogP contribution in [0.4, 0.5) is 10.1 Å². The Hall–Kier alpha value is -2.94. The number of hydrogen-bond acceptors (Lipinski definition) is 5. The molecule has 2 fully saturated rings. The van der Waals surface area contributed by atoms with Crippen LogP contribution in [0, 0.1) is 5.82 Å². The van der Waals surface area contributed by atoms with E-state index in [1.165, 1.54) is 35.7 Å². The number of aliphatic hydroxyl groups is 1. The van der Waals surface area contributed by atoms with Crippen LogP contribution in [-0.2, 0) is 15.6 Å². The zero-order chi connectivity index (χ0) is 26.8. The third kappa shape index (κ3) is 5.17. The summed E-state index contributed by atoms with van der Waals surface area (Å²) in [5, 5.41) is 11.9. The molecule has 1 heterocycles. The molecule has 38 heavy (non-hydrogen) atoms. The van der Waals surface area contributed by atoms with E-state index in [0.29, 0.717) is 37.4 Å². The van der Waals surface area contributed by atoms with E-state index in [1.54, 1.807) is 24.3 Å². The fourth-order valence-electron chi connectivity index (χ4n) is 6.11. The maximum absolute atomic E-state index is 13.9. The van der Waals surface area contributed by atoms with Gasteiger partial charge in [-0.15, -0.1) is 0 Å². The van der Waals surface area contributed by atoms with E-state index in [4.69, 9.17) is 4.74 Å². The van der Waals surface area contributed by atoms with Gasteiger partial charge in [-0.3, -0.25) is 9.21 Å². The smallest absolute Gasteiger partial charge is 0.264 e. The minimum atomic E-state index is -3.91. The van der Waals surface area contributed by atoms with E-state index in [9.17, 15) is 17.9 Å². The van der Waals surface area contributed by atoms with E-state index in [1.807, 2.05) is 30.3 Å². The summed E-state index contributed by atoms with van der Waals surface area (Å²) in [6.45, 7) is 1.33. The van der Waals surface area contributed by atoms with Crippen molar-refractivity contribution in [1.82, 2.24) is 4.90 Å². The van der Waals surface area contributed by atoms with Gasteiger partial charge in [-0.1, -0.05) is 43.2 Å². The second-order valence-corrected chi connectivity index (χ2v) is 12.1. The van der Waals surface area contributed by atoms with Gasteiger partial charge in [0, 0.05) is 25.2 Å². The van der Waals surface area contributed by atoms with E-state index in [-0.39, 0.29) is 17.0 Å². The summed E-state index contributed by atoms with van der Waals surface area (Å²) in [5.41, 5.74) is 0.471. The summed E-state index contributed by atoms with van der Waals surface area (Å²) in [6.07, 6.45) is 4.88. The number of likely N-dealkylation sites (tertiary alicyclic amines) is 1. The molecule has 0 spiro atoms. The molecule has 202 valence electrons. The molecule has 3 aromatic carbocycles. The predicted octanol–water partition coefficient (Wildman–Crippen LogP) is 5.32. The van der Waals surface area contributed by atoms with Gasteiger partial charge in [0.05, 0.1) is 17.7 Å². The van der Waals surface area contributed by atoms with Gasteiger partial charge < -0.3 is 9.84 Å². The van der Waals surface area contributed by atoms with Crippen LogP contribution >= 0.6 is 0 Å². The van der Waals surface area contributed by atoms with Crippen molar-refractivity contribution >= 4 is 15.7 Å². The van der Waals surface area contributed by atoms with Crippen molar-refractivity contribution in [3.63, 3.8) is 0 Å². The zero-order valence-electron chi connectivity index (χ0n) is 21.7. The Morgan fingerprint density at radius 2 is 1.58 bits per heavy atom. The Balaban J connectivity index is 1.41. The molecule has 1 N–H and O–H groups in total. The summed E-state index contributed by atoms with van der Waals surface area (Å²) in [4.78, 5) is 2.50. The summed E-state index contributed by atoms with van der Waals surface area (Å²) in [6, 6.07) is 21.6. The van der Waals surface area contributed by atoms with Gasteiger partial charge in [0.2, 0.25) is 0 Å². The number of rotatable bonds is 7. The van der Waals surface area contributed by atoms with Gasteiger partial charge >= 0.3 is 0 Å². The molecule has 6 nitrogen and oxygen atoms in total. The largest absolute Gasteiger partial charge is 0.497 e. The first-order chi connectivity index (χ1) is 18.3. The number of benzene rings is 3. The molecular formula is C30H35FN2O4S. The van der Waals surface area contributed by atoms with Crippen LogP contribution in [0.2, 0.25) is 0 Å². The summed E-state index contributed by atoms with van der Waals surface area (Å²) in [5.74, 6) is 0.159. The Labute approximate surface area is 224 Å². The van der Waals surface area contributed by atoms with Crippen molar-refractivity contribution in [3.05, 3.63) is 90.2 Å². The van der Waals surface area contributed by atoms with E-state index in [2.05, 4.69) is 4.90 Å². The molecule has 0 bridgehead atoms. The van der Waals surface area contributed by atoms with Crippen LogP contribution in [0.15, 0.2) is 83.8 Å². The molecule has 0 unspecified atom stereocenters. The zero-order valence-corrected chi connectivity index (χ0v) is 22.5. The third-order valence-electron chi connectivity index (χ3n) is 8.08. The lowest BCUT2D eigenvalue weighted by Gasteiger charge is -2.49. The number of piperidine rings is 1. The number of methoxy groups -OCH3 is 1. The standard InChI is InChI=1S/C30H35FN2O4S/c1-37-27-14-16-28(17-15-27)38(35,36)33(25-12-10-24(31)11-13-25)26-18-21-32(22-19-26)29-9-5-6-20-30(29,34)23-7-3-2-4-8-23/h2-4,7-8,10-17,26,29,34H,5-6,9,18-22H2,1H3/t29-,30+/m1/s1. The summed E-state index contributed by atoms with van der Waals surface area (Å²) >= 11 is 0. The van der Waals surface area contributed by atoms with E-state index in [0.717, 1.165) is 31.2 Å². The lowest BCUT2D eigenvalue weighted by atomic mass is 9.74. The first-order valence-electron chi connectivity index (χ1n) is 13.3. The predicted molar refractivity (Wildman–Crippen MR) is 146 cm³/mol. The maximum atomic E-state index is 13.9. The van der Waals surface area contributed by atoms with Crippen LogP contribution in [-0.4, -0.2) is 50.7 Å². The van der Waals surface area contributed by atoms with Crippen LogP contribution in [0.1, 0.15) is 44.1 Å². The number of anilines is 1. The highest BCUT2D eigenvalue weighted by molar-refractivity contribution is 7.92. The van der Waals surface area contributed by atoms with Crippen LogP contribution in [0.5, 0.6) is 5.75 Å². The second kappa shape index (κ2) is 11.0. The van der Waals surface area contributed by atoms with E-state index >= 15 is 0 Å². The van der Waals surface area contributed by atoms with Crippen LogP contribution < -0.4 is 9.04 Å². The molecule has 0 aromatic heterocycles. The topological polar surface area (TPSA) is 70.1 Å². The molecule has 8 heteroatoms. The minimum absolute atomic E-state index is 0.0166. The maximum Gasteiger partial charge on any atom is 0.264 e. The molecule has 1 aliphatic carbocycles. The fraction of sp³-hybridized carbons (Fsp3) is 0.400. The van der Waals surface area contributed by atoms with Gasteiger partial charge in [-0.2, -0.15) is 0 Å². The Kier molecular flexibility index (Phi) is 7.75. The second-order valence-electron chi connectivity index (χ2n) is 10.3. The summed E-state index contributed by atoms with van der Waals surface area (Å²) in [7, 11) is -2.38. The van der Waals surface area contributed by atoms with Crippen molar-refractivity contribution in [2.45, 2.75) is 61.1 Å². The van der Waals surface area contributed by atoms with E-state index < -0.39 is 21.4 Å². The number of nitrogens with zero attached hydrogens (tertiary/aromatic N) is 2. The highest BCUT2D eigenvalue weighted by atomic mass is 32.2. The van der Waals surface area contributed by atoms with Gasteiger partial charge in [-0.05, 0) is 79.8 Å². The van der Waals surface area contributed by atoms with Gasteiger partial charge in [0.15, 0.2) is 0 Å². The fourth-order valence-corrected chi connectivity index (χ4v) is 7.82. The molecule has 1 saturated heterocycles. The Bertz CT molecular complexity index is 1310. The number of sulfonamides is 1. The molecule has 2 atom stereocenters. The summed E-state index contributed by atoms with van der Waals surface area (Å²) < 4.78 is 48.3. The first kappa shape index (κ1) is 26.7. The minimum Gasteiger partial charge on any atom is -0.497 e. The molecule has 1 saturated carbocycles. The first-order valence-corrected chi connectivity index (χ1v) is 14.7. The molecule has 0 amide bonds. The van der Waals surface area contributed by atoms with Crippen molar-refractivity contribution in [3.8, 4) is 5.75 Å². The van der Waals surface area contributed by atoms with Crippen molar-refractivity contribution in [1.29, 1.82) is 0 Å². The highest BCUT2D eigenvalue weighted by Crippen LogP contribution is 2.41. The monoisotopic (exact) mass is 538 g/mol. The lowest BCUT2D eigenvalue weighted by Crippen LogP contribution is -2.57. The molecule has 1 aliphatic heterocycles. The average molecular weight is 539 g/mol. The Morgan fingerprint density at radius 3 is 2.21 bits per heavy atom. The molecule has 2 aliphatic rings.